The average molecular weight is 321 g/mol. The quantitative estimate of drug-likeness (QED) is 0.929. The summed E-state index contributed by atoms with van der Waals surface area (Å²) in [5.41, 5.74) is 7.20. The van der Waals surface area contributed by atoms with Crippen LogP contribution in [0.5, 0.6) is 0 Å². The molecule has 5 heteroatoms. The second kappa shape index (κ2) is 7.79. The first kappa shape index (κ1) is 17.8. The maximum atomic E-state index is 10.0. The molecule has 1 fully saturated rings. The van der Waals surface area contributed by atoms with Crippen molar-refractivity contribution < 1.29 is 19.0 Å². The number of primary amides is 1. The van der Waals surface area contributed by atoms with E-state index in [1.165, 1.54) is 11.1 Å². The van der Waals surface area contributed by atoms with E-state index in [4.69, 9.17) is 15.2 Å². The molecule has 1 amide bonds. The number of hydrogen-bond donors (Lipinski definition) is 1. The highest BCUT2D eigenvalue weighted by molar-refractivity contribution is 5.65. The zero-order valence-electron chi connectivity index (χ0n) is 14.2. The Morgan fingerprint density at radius 1 is 1.22 bits per heavy atom. The zero-order chi connectivity index (χ0) is 16.9. The topological polar surface area (TPSA) is 70.8 Å². The molecule has 0 spiro atoms. The molecule has 1 aromatic carbocycles. The third kappa shape index (κ3) is 6.20. The van der Waals surface area contributed by atoms with Crippen molar-refractivity contribution in [3.05, 3.63) is 35.4 Å². The molecule has 0 aromatic heterocycles. The maximum Gasteiger partial charge on any atom is 0.405 e. The second-order valence-electron chi connectivity index (χ2n) is 7.07. The van der Waals surface area contributed by atoms with Crippen molar-refractivity contribution in [2.24, 2.45) is 11.7 Å². The van der Waals surface area contributed by atoms with Crippen LogP contribution in [-0.2, 0) is 27.1 Å². The number of amides is 1. The Hall–Kier alpha value is -1.59. The molecule has 2 N–H and O–H groups in total. The van der Waals surface area contributed by atoms with E-state index in [1.807, 2.05) is 0 Å². The highest BCUT2D eigenvalue weighted by atomic mass is 16.6. The molecule has 5 nitrogen and oxygen atoms in total. The standard InChI is InChI=1S/C13H16O2.C5H11NO2/c1-2-4-12-6-13(5-11(12)3-1)15-9-10-7-14-8-10;1-5(2,3)8-4(6)7/h1-4,10,13H,5-9H2;1-3H3,(H2,6,7). The van der Waals surface area contributed by atoms with Crippen LogP contribution in [0.4, 0.5) is 4.79 Å². The van der Waals surface area contributed by atoms with Crippen LogP contribution in [0.15, 0.2) is 24.3 Å². The van der Waals surface area contributed by atoms with Gasteiger partial charge in [0.15, 0.2) is 0 Å². The number of fused-ring (bicyclic) bond motifs is 1. The lowest BCUT2D eigenvalue weighted by molar-refractivity contribution is -0.0854. The Labute approximate surface area is 138 Å². The molecule has 1 aromatic rings. The second-order valence-corrected chi connectivity index (χ2v) is 7.07. The van der Waals surface area contributed by atoms with E-state index in [2.05, 4.69) is 29.0 Å². The van der Waals surface area contributed by atoms with Crippen molar-refractivity contribution in [3.8, 4) is 0 Å². The highest BCUT2D eigenvalue weighted by Crippen LogP contribution is 2.24. The summed E-state index contributed by atoms with van der Waals surface area (Å²) in [6.45, 7) is 7.94. The van der Waals surface area contributed by atoms with Gasteiger partial charge in [0.1, 0.15) is 5.60 Å². The summed E-state index contributed by atoms with van der Waals surface area (Å²) in [5.74, 6) is 0.647. The van der Waals surface area contributed by atoms with Gasteiger partial charge in [-0.05, 0) is 44.7 Å². The van der Waals surface area contributed by atoms with Gasteiger partial charge in [0.05, 0.1) is 25.9 Å². The predicted molar refractivity (Wildman–Crippen MR) is 88.3 cm³/mol. The molecular weight excluding hydrogens is 294 g/mol. The van der Waals surface area contributed by atoms with Crippen molar-refractivity contribution in [3.63, 3.8) is 0 Å². The van der Waals surface area contributed by atoms with Crippen molar-refractivity contribution in [1.82, 2.24) is 0 Å². The van der Waals surface area contributed by atoms with Crippen LogP contribution in [0, 0.1) is 5.92 Å². The number of nitrogens with two attached hydrogens (primary N) is 1. The van der Waals surface area contributed by atoms with E-state index < -0.39 is 11.7 Å². The minimum Gasteiger partial charge on any atom is -0.444 e. The lowest BCUT2D eigenvalue weighted by Gasteiger charge is -2.26. The minimum atomic E-state index is -0.725. The van der Waals surface area contributed by atoms with Gasteiger partial charge in [0, 0.05) is 5.92 Å². The fourth-order valence-electron chi connectivity index (χ4n) is 2.59. The van der Waals surface area contributed by atoms with Gasteiger partial charge in [0.2, 0.25) is 0 Å². The molecular formula is C18H27NO4. The van der Waals surface area contributed by atoms with Gasteiger partial charge >= 0.3 is 6.09 Å². The van der Waals surface area contributed by atoms with Crippen LogP contribution in [0.1, 0.15) is 31.9 Å². The normalized spacial score (nSPS) is 17.7. The van der Waals surface area contributed by atoms with Crippen molar-refractivity contribution in [2.75, 3.05) is 19.8 Å². The van der Waals surface area contributed by atoms with Gasteiger partial charge in [0.25, 0.3) is 0 Å². The van der Waals surface area contributed by atoms with Crippen LogP contribution >= 0.6 is 0 Å². The lowest BCUT2D eigenvalue weighted by atomic mass is 10.1. The summed E-state index contributed by atoms with van der Waals surface area (Å²) in [7, 11) is 0. The molecule has 0 unspecified atom stereocenters. The summed E-state index contributed by atoms with van der Waals surface area (Å²) in [6.07, 6.45) is 1.86. The van der Waals surface area contributed by atoms with Gasteiger partial charge in [-0.15, -0.1) is 0 Å². The van der Waals surface area contributed by atoms with Crippen molar-refractivity contribution >= 4 is 6.09 Å². The van der Waals surface area contributed by atoms with E-state index >= 15 is 0 Å². The maximum absolute atomic E-state index is 10.0. The van der Waals surface area contributed by atoms with Gasteiger partial charge < -0.3 is 19.9 Å². The predicted octanol–water partition coefficient (Wildman–Crippen LogP) is 2.70. The van der Waals surface area contributed by atoms with Crippen molar-refractivity contribution in [2.45, 2.75) is 45.3 Å². The van der Waals surface area contributed by atoms with Crippen LogP contribution in [0.25, 0.3) is 0 Å². The third-order valence-electron chi connectivity index (χ3n) is 3.70. The monoisotopic (exact) mass is 321 g/mol. The summed E-state index contributed by atoms with van der Waals surface area (Å²) in [5, 5.41) is 0. The number of hydrogen-bond acceptors (Lipinski definition) is 4. The minimum absolute atomic E-state index is 0.406. The average Bonchev–Trinajstić information content (AvgIpc) is 2.77. The Morgan fingerprint density at radius 3 is 2.13 bits per heavy atom. The van der Waals surface area contributed by atoms with E-state index in [0.29, 0.717) is 12.0 Å². The van der Waals surface area contributed by atoms with Gasteiger partial charge in [-0.1, -0.05) is 24.3 Å². The van der Waals surface area contributed by atoms with Gasteiger partial charge in [-0.2, -0.15) is 0 Å². The zero-order valence-corrected chi connectivity index (χ0v) is 14.2. The van der Waals surface area contributed by atoms with Crippen LogP contribution in [0.3, 0.4) is 0 Å². The van der Waals surface area contributed by atoms with E-state index in [1.54, 1.807) is 20.8 Å². The Balaban J connectivity index is 0.000000207. The van der Waals surface area contributed by atoms with Crippen LogP contribution in [0.2, 0.25) is 0 Å². The first-order valence-corrected chi connectivity index (χ1v) is 8.08. The molecule has 1 aliphatic carbocycles. The summed E-state index contributed by atoms with van der Waals surface area (Å²) >= 11 is 0. The Bertz CT molecular complexity index is 495. The van der Waals surface area contributed by atoms with E-state index in [-0.39, 0.29) is 0 Å². The summed E-state index contributed by atoms with van der Waals surface area (Å²) in [4.78, 5) is 10.0. The lowest BCUT2D eigenvalue weighted by Crippen LogP contribution is -2.33. The molecule has 0 bridgehead atoms. The number of benzene rings is 1. The molecule has 0 radical (unpaired) electrons. The van der Waals surface area contributed by atoms with Gasteiger partial charge in [-0.25, -0.2) is 4.79 Å². The van der Waals surface area contributed by atoms with E-state index in [0.717, 1.165) is 32.7 Å². The highest BCUT2D eigenvalue weighted by Gasteiger charge is 2.24. The number of carbonyl (C=O) groups excluding carboxylic acids is 1. The number of rotatable bonds is 3. The summed E-state index contributed by atoms with van der Waals surface area (Å²) < 4.78 is 15.6. The molecule has 128 valence electrons. The molecule has 1 heterocycles. The first-order valence-electron chi connectivity index (χ1n) is 8.08. The van der Waals surface area contributed by atoms with E-state index in [9.17, 15) is 4.79 Å². The van der Waals surface area contributed by atoms with Crippen LogP contribution < -0.4 is 5.73 Å². The molecule has 1 aliphatic heterocycles. The fraction of sp³-hybridized carbons (Fsp3) is 0.611. The SMILES string of the molecule is CC(C)(C)OC(N)=O.c1ccc2c(c1)CC(OCC1COC1)C2. The Morgan fingerprint density at radius 2 is 1.78 bits per heavy atom. The largest absolute Gasteiger partial charge is 0.444 e. The molecule has 2 aliphatic rings. The van der Waals surface area contributed by atoms with Gasteiger partial charge in [-0.3, -0.25) is 0 Å². The summed E-state index contributed by atoms with van der Waals surface area (Å²) in [6, 6.07) is 8.65. The molecule has 3 rings (SSSR count). The van der Waals surface area contributed by atoms with Crippen molar-refractivity contribution in [1.29, 1.82) is 0 Å². The Kier molecular flexibility index (Phi) is 6.02. The fourth-order valence-corrected chi connectivity index (χ4v) is 2.59. The first-order chi connectivity index (χ1) is 10.8. The van der Waals surface area contributed by atoms with Crippen LogP contribution in [-0.4, -0.2) is 37.6 Å². The number of ether oxygens (including phenoxy) is 3. The third-order valence-corrected chi connectivity index (χ3v) is 3.70. The molecule has 1 saturated heterocycles. The smallest absolute Gasteiger partial charge is 0.405 e. The number of carbonyl (C=O) groups is 1. The molecule has 0 saturated carbocycles. The molecule has 23 heavy (non-hydrogen) atoms. The molecule has 0 atom stereocenters.